The van der Waals surface area contributed by atoms with Gasteiger partial charge in [-0.2, -0.15) is 11.8 Å². The number of benzene rings is 2. The van der Waals surface area contributed by atoms with Crippen LogP contribution in [-0.4, -0.2) is 50.5 Å². The van der Waals surface area contributed by atoms with Crippen LogP contribution >= 0.6 is 11.8 Å². The summed E-state index contributed by atoms with van der Waals surface area (Å²) in [6, 6.07) is 13.6. The molecule has 0 aliphatic carbocycles. The van der Waals surface area contributed by atoms with Crippen molar-refractivity contribution in [2.45, 2.75) is 19.0 Å². The minimum atomic E-state index is -1.06. The quantitative estimate of drug-likeness (QED) is 0.423. The molecule has 0 radical (unpaired) electrons. The molecule has 0 bridgehead atoms. The van der Waals surface area contributed by atoms with Gasteiger partial charge in [-0.1, -0.05) is 36.4 Å². The number of carbonyl (C=O) groups is 3. The van der Waals surface area contributed by atoms with E-state index in [9.17, 15) is 19.5 Å². The van der Waals surface area contributed by atoms with Crippen LogP contribution in [0.4, 0.5) is 0 Å². The van der Waals surface area contributed by atoms with E-state index in [1.54, 1.807) is 36.3 Å². The molecule has 1 heterocycles. The molecule has 172 valence electrons. The van der Waals surface area contributed by atoms with Gasteiger partial charge in [0.15, 0.2) is 0 Å². The van der Waals surface area contributed by atoms with Crippen LogP contribution in [0.1, 0.15) is 32.8 Å². The molecule has 0 spiro atoms. The maximum absolute atomic E-state index is 13.0. The van der Waals surface area contributed by atoms with Gasteiger partial charge in [0.25, 0.3) is 11.8 Å². The number of hydrogen-bond donors (Lipinski definition) is 3. The predicted molar refractivity (Wildman–Crippen MR) is 128 cm³/mol. The summed E-state index contributed by atoms with van der Waals surface area (Å²) in [5.41, 5.74) is 2.97. The summed E-state index contributed by atoms with van der Waals surface area (Å²) in [5.74, 6) is -1.19. The Morgan fingerprint density at radius 3 is 2.52 bits per heavy atom. The number of aryl methyl sites for hydroxylation is 1. The summed E-state index contributed by atoms with van der Waals surface area (Å²) in [4.78, 5) is 41.0. The van der Waals surface area contributed by atoms with Gasteiger partial charge in [-0.15, -0.1) is 0 Å². The predicted octanol–water partition coefficient (Wildman–Crippen LogP) is 2.95. The maximum Gasteiger partial charge on any atom is 0.326 e. The Bertz CT molecular complexity index is 1130. The second-order valence-electron chi connectivity index (χ2n) is 7.50. The molecule has 0 aliphatic heterocycles. The maximum atomic E-state index is 13.0. The first kappa shape index (κ1) is 24.1. The first-order chi connectivity index (χ1) is 15.9. The number of aliphatic carboxylic acids is 1. The fourth-order valence-corrected chi connectivity index (χ4v) is 3.76. The van der Waals surface area contributed by atoms with E-state index in [1.807, 2.05) is 42.7 Å². The first-order valence-corrected chi connectivity index (χ1v) is 11.8. The van der Waals surface area contributed by atoms with Crippen LogP contribution in [0.2, 0.25) is 0 Å². The number of thioether (sulfide) groups is 1. The molecule has 3 rings (SSSR count). The molecule has 1 atom stereocenters. The highest BCUT2D eigenvalue weighted by molar-refractivity contribution is 7.98. The molecule has 0 unspecified atom stereocenters. The Kier molecular flexibility index (Phi) is 8.26. The number of rotatable bonds is 10. The van der Waals surface area contributed by atoms with Crippen LogP contribution in [0, 0.1) is 0 Å². The Balaban J connectivity index is 1.84. The molecule has 8 nitrogen and oxygen atoms in total. The van der Waals surface area contributed by atoms with Gasteiger partial charge in [0, 0.05) is 25.4 Å². The molecule has 2 amide bonds. The smallest absolute Gasteiger partial charge is 0.326 e. The van der Waals surface area contributed by atoms with E-state index in [0.717, 1.165) is 11.1 Å². The third-order valence-electron chi connectivity index (χ3n) is 5.02. The van der Waals surface area contributed by atoms with Crippen LogP contribution in [0.15, 0.2) is 61.1 Å². The SMILES string of the molecule is CSCC[C@H](NC(=O)c1ccc(CNC(=O)c2cn(C)cn2)cc1-c1ccccc1)C(=O)O. The highest BCUT2D eigenvalue weighted by atomic mass is 32.2. The van der Waals surface area contributed by atoms with Crippen LogP contribution in [0.3, 0.4) is 0 Å². The molecule has 3 aromatic rings. The lowest BCUT2D eigenvalue weighted by Gasteiger charge is -2.17. The lowest BCUT2D eigenvalue weighted by Crippen LogP contribution is -2.41. The number of amides is 2. The van der Waals surface area contributed by atoms with Gasteiger partial charge in [0.1, 0.15) is 11.7 Å². The minimum absolute atomic E-state index is 0.253. The van der Waals surface area contributed by atoms with Crippen molar-refractivity contribution in [2.24, 2.45) is 7.05 Å². The van der Waals surface area contributed by atoms with Gasteiger partial charge >= 0.3 is 5.97 Å². The summed E-state index contributed by atoms with van der Waals surface area (Å²) in [5, 5.41) is 14.9. The zero-order chi connectivity index (χ0) is 23.8. The van der Waals surface area contributed by atoms with E-state index in [1.165, 1.54) is 11.8 Å². The summed E-state index contributed by atoms with van der Waals surface area (Å²) in [6.45, 7) is 0.253. The molecule has 0 fully saturated rings. The number of carboxylic acid groups (broad SMARTS) is 1. The molecule has 3 N–H and O–H groups in total. The van der Waals surface area contributed by atoms with Gasteiger partial charge in [0.05, 0.1) is 6.33 Å². The average Bonchev–Trinajstić information content (AvgIpc) is 3.26. The second kappa shape index (κ2) is 11.3. The van der Waals surface area contributed by atoms with Crippen molar-refractivity contribution < 1.29 is 19.5 Å². The molecule has 2 aromatic carbocycles. The summed E-state index contributed by atoms with van der Waals surface area (Å²) < 4.78 is 1.69. The number of imidazole rings is 1. The van der Waals surface area contributed by atoms with Gasteiger partial charge < -0.3 is 20.3 Å². The first-order valence-electron chi connectivity index (χ1n) is 10.4. The number of nitrogens with zero attached hydrogens (tertiary/aromatic N) is 2. The minimum Gasteiger partial charge on any atom is -0.480 e. The second-order valence-corrected chi connectivity index (χ2v) is 8.48. The summed E-state index contributed by atoms with van der Waals surface area (Å²) in [6.07, 6.45) is 5.41. The largest absolute Gasteiger partial charge is 0.480 e. The Labute approximate surface area is 196 Å². The summed E-state index contributed by atoms with van der Waals surface area (Å²) >= 11 is 1.52. The van der Waals surface area contributed by atoms with Crippen molar-refractivity contribution in [3.63, 3.8) is 0 Å². The van der Waals surface area contributed by atoms with Gasteiger partial charge in [-0.3, -0.25) is 9.59 Å². The standard InChI is InChI=1S/C24H26N4O4S/c1-28-14-21(26-15-28)23(30)25-13-16-8-9-18(19(12-16)17-6-4-3-5-7-17)22(29)27-20(24(31)32)10-11-33-2/h3-9,12,14-15,20H,10-11,13H2,1-2H3,(H,25,30)(H,27,29)(H,31,32)/t20-/m0/s1. The molecule has 0 aliphatic rings. The zero-order valence-electron chi connectivity index (χ0n) is 18.4. The van der Waals surface area contributed by atoms with E-state index in [2.05, 4.69) is 15.6 Å². The van der Waals surface area contributed by atoms with Crippen molar-refractivity contribution in [1.82, 2.24) is 20.2 Å². The van der Waals surface area contributed by atoms with Crippen molar-refractivity contribution in [3.05, 3.63) is 77.9 Å². The van der Waals surface area contributed by atoms with Crippen molar-refractivity contribution in [3.8, 4) is 11.1 Å². The molecular formula is C24H26N4O4S. The zero-order valence-corrected chi connectivity index (χ0v) is 19.3. The number of carboxylic acids is 1. The van der Waals surface area contributed by atoms with E-state index < -0.39 is 17.9 Å². The highest BCUT2D eigenvalue weighted by Gasteiger charge is 2.22. The number of aromatic nitrogens is 2. The molecule has 0 saturated heterocycles. The van der Waals surface area contributed by atoms with Crippen LogP contribution in [-0.2, 0) is 18.4 Å². The van der Waals surface area contributed by atoms with E-state index in [4.69, 9.17) is 0 Å². The third kappa shape index (κ3) is 6.45. The topological polar surface area (TPSA) is 113 Å². The van der Waals surface area contributed by atoms with E-state index in [-0.39, 0.29) is 12.5 Å². The molecule has 1 aromatic heterocycles. The van der Waals surface area contributed by atoms with Crippen LogP contribution in [0.25, 0.3) is 11.1 Å². The molecule has 9 heteroatoms. The lowest BCUT2D eigenvalue weighted by atomic mass is 9.96. The van der Waals surface area contributed by atoms with Crippen molar-refractivity contribution >= 4 is 29.5 Å². The molecule has 0 saturated carbocycles. The third-order valence-corrected chi connectivity index (χ3v) is 5.66. The average molecular weight is 467 g/mol. The highest BCUT2D eigenvalue weighted by Crippen LogP contribution is 2.25. The molecule has 33 heavy (non-hydrogen) atoms. The Morgan fingerprint density at radius 1 is 1.12 bits per heavy atom. The van der Waals surface area contributed by atoms with E-state index in [0.29, 0.717) is 29.0 Å². The fourth-order valence-electron chi connectivity index (χ4n) is 3.29. The summed E-state index contributed by atoms with van der Waals surface area (Å²) in [7, 11) is 1.79. The van der Waals surface area contributed by atoms with Crippen LogP contribution < -0.4 is 10.6 Å². The van der Waals surface area contributed by atoms with Crippen LogP contribution in [0.5, 0.6) is 0 Å². The fraction of sp³-hybridized carbons (Fsp3) is 0.250. The van der Waals surface area contributed by atoms with Gasteiger partial charge in [0.2, 0.25) is 0 Å². The van der Waals surface area contributed by atoms with E-state index >= 15 is 0 Å². The van der Waals surface area contributed by atoms with Crippen molar-refractivity contribution in [1.29, 1.82) is 0 Å². The van der Waals surface area contributed by atoms with Crippen molar-refractivity contribution in [2.75, 3.05) is 12.0 Å². The monoisotopic (exact) mass is 466 g/mol. The Morgan fingerprint density at radius 2 is 1.88 bits per heavy atom. The number of nitrogens with one attached hydrogen (secondary N) is 2. The number of hydrogen-bond acceptors (Lipinski definition) is 5. The molecular weight excluding hydrogens is 440 g/mol. The van der Waals surface area contributed by atoms with Gasteiger partial charge in [-0.25, -0.2) is 9.78 Å². The van der Waals surface area contributed by atoms with Gasteiger partial charge in [-0.05, 0) is 47.3 Å². The Hall–Kier alpha value is -3.59. The lowest BCUT2D eigenvalue weighted by molar-refractivity contribution is -0.139. The number of carbonyl (C=O) groups excluding carboxylic acids is 2. The normalized spacial score (nSPS) is 11.6.